The highest BCUT2D eigenvalue weighted by atomic mass is 16.7. The lowest BCUT2D eigenvalue weighted by atomic mass is 9.98. The topological polar surface area (TPSA) is 152 Å². The number of aromatic hydroxyl groups is 1. The predicted molar refractivity (Wildman–Crippen MR) is 120 cm³/mol. The number of allylic oxidation sites excluding steroid dienone is 2. The highest BCUT2D eigenvalue weighted by Gasteiger charge is 2.49. The Labute approximate surface area is 202 Å². The smallest absolute Gasteiger partial charge is 0.313 e. The molecule has 0 saturated carbocycles. The van der Waals surface area contributed by atoms with Gasteiger partial charge in [-0.2, -0.15) is 0 Å². The molecule has 1 saturated heterocycles. The zero-order valence-electron chi connectivity index (χ0n) is 19.1. The number of ether oxygens (including phenoxy) is 4. The van der Waals surface area contributed by atoms with Gasteiger partial charge in [0.1, 0.15) is 36.4 Å². The minimum atomic E-state index is -1.60. The van der Waals surface area contributed by atoms with Crippen LogP contribution in [0.15, 0.2) is 42.5 Å². The van der Waals surface area contributed by atoms with Gasteiger partial charge in [0.05, 0.1) is 18.4 Å². The number of esters is 2. The summed E-state index contributed by atoms with van der Waals surface area (Å²) in [7, 11) is 0. The van der Waals surface area contributed by atoms with Crippen molar-refractivity contribution in [2.45, 2.75) is 63.0 Å². The van der Waals surface area contributed by atoms with Crippen LogP contribution in [0.25, 0.3) is 0 Å². The molecule has 0 aromatic heterocycles. The van der Waals surface area contributed by atoms with Gasteiger partial charge >= 0.3 is 11.9 Å². The Kier molecular flexibility index (Phi) is 8.07. The summed E-state index contributed by atoms with van der Waals surface area (Å²) >= 11 is 0. The Hall–Kier alpha value is -2.92. The Bertz CT molecular complexity index is 971. The summed E-state index contributed by atoms with van der Waals surface area (Å²) in [5.41, 5.74) is 0.231. The first-order chi connectivity index (χ1) is 16.9. The molecule has 10 heteroatoms. The molecule has 0 amide bonds. The molecular formula is C25H30O10. The lowest BCUT2D eigenvalue weighted by Crippen LogP contribution is -2.61. The van der Waals surface area contributed by atoms with Crippen molar-refractivity contribution < 1.29 is 49.0 Å². The van der Waals surface area contributed by atoms with E-state index in [2.05, 4.69) is 0 Å². The molecule has 35 heavy (non-hydrogen) atoms. The van der Waals surface area contributed by atoms with Crippen molar-refractivity contribution in [3.8, 4) is 11.5 Å². The molecule has 7 atom stereocenters. The van der Waals surface area contributed by atoms with Crippen LogP contribution in [0.2, 0.25) is 0 Å². The average molecular weight is 491 g/mol. The van der Waals surface area contributed by atoms with Crippen LogP contribution in [0, 0.1) is 11.8 Å². The number of rotatable bonds is 8. The molecule has 2 aliphatic carbocycles. The zero-order valence-corrected chi connectivity index (χ0v) is 19.1. The van der Waals surface area contributed by atoms with Gasteiger partial charge < -0.3 is 39.4 Å². The first-order valence-corrected chi connectivity index (χ1v) is 11.7. The van der Waals surface area contributed by atoms with E-state index >= 15 is 0 Å². The van der Waals surface area contributed by atoms with Crippen LogP contribution >= 0.6 is 0 Å². The van der Waals surface area contributed by atoms with E-state index < -0.39 is 55.2 Å². The van der Waals surface area contributed by atoms with Gasteiger partial charge in [0.15, 0.2) is 6.10 Å². The second kappa shape index (κ2) is 11.2. The fourth-order valence-corrected chi connectivity index (χ4v) is 4.34. The second-order valence-corrected chi connectivity index (χ2v) is 8.85. The molecule has 1 aromatic carbocycles. The number of aliphatic hydroxyl groups is 3. The van der Waals surface area contributed by atoms with E-state index in [1.165, 1.54) is 18.2 Å². The van der Waals surface area contributed by atoms with Gasteiger partial charge in [0, 0.05) is 5.56 Å². The molecule has 2 unspecified atom stereocenters. The number of aliphatic hydroxyl groups excluding tert-OH is 3. The van der Waals surface area contributed by atoms with Gasteiger partial charge in [-0.1, -0.05) is 24.3 Å². The van der Waals surface area contributed by atoms with E-state index in [0.717, 1.165) is 12.8 Å². The molecule has 1 fully saturated rings. The summed E-state index contributed by atoms with van der Waals surface area (Å²) in [4.78, 5) is 24.9. The third-order valence-electron chi connectivity index (χ3n) is 6.38. The molecule has 1 heterocycles. The van der Waals surface area contributed by atoms with E-state index in [-0.39, 0.29) is 29.6 Å². The van der Waals surface area contributed by atoms with Gasteiger partial charge in [-0.15, -0.1) is 0 Å². The first kappa shape index (κ1) is 25.2. The van der Waals surface area contributed by atoms with Crippen LogP contribution in [0.5, 0.6) is 11.5 Å². The molecule has 10 nitrogen and oxygen atoms in total. The summed E-state index contributed by atoms with van der Waals surface area (Å²) in [6, 6.07) is 4.02. The quantitative estimate of drug-likeness (QED) is 0.308. The summed E-state index contributed by atoms with van der Waals surface area (Å²) in [5.74, 6) is -1.90. The maximum Gasteiger partial charge on any atom is 0.313 e. The molecule has 3 aliphatic rings. The van der Waals surface area contributed by atoms with Crippen LogP contribution in [0.4, 0.5) is 0 Å². The maximum absolute atomic E-state index is 12.6. The number of benzene rings is 1. The lowest BCUT2D eigenvalue weighted by molar-refractivity contribution is -0.284. The number of carbonyl (C=O) groups excluding carboxylic acids is 2. The number of hydrogen-bond acceptors (Lipinski definition) is 10. The van der Waals surface area contributed by atoms with Crippen LogP contribution in [-0.2, 0) is 30.4 Å². The maximum atomic E-state index is 12.6. The third-order valence-corrected chi connectivity index (χ3v) is 6.38. The Morgan fingerprint density at radius 2 is 1.69 bits per heavy atom. The van der Waals surface area contributed by atoms with Crippen LogP contribution in [0.1, 0.15) is 31.2 Å². The molecule has 4 rings (SSSR count). The van der Waals surface area contributed by atoms with Crippen molar-refractivity contribution in [3.05, 3.63) is 48.1 Å². The number of phenolic OH excluding ortho intramolecular Hbond substituents is 1. The standard InChI is InChI=1S/C25H30O10/c26-12-16-11-17(27)9-10-18(16)33-25-22(35-24(31)15-7-3-4-8-15)21(29)20(28)19(34-25)13-32-23(30)14-5-1-2-6-14/h1,3,5,7,9-11,14-15,19-22,25-29H,2,4,6,8,12-13H2/t14?,15?,19-,20-,21+,22-,25-/m1/s1. The predicted octanol–water partition coefficient (Wildman–Crippen LogP) is 1.10. The summed E-state index contributed by atoms with van der Waals surface area (Å²) < 4.78 is 22.5. The van der Waals surface area contributed by atoms with Gasteiger partial charge in [0.2, 0.25) is 6.29 Å². The third kappa shape index (κ3) is 5.84. The number of hydrogen-bond donors (Lipinski definition) is 4. The van der Waals surface area contributed by atoms with Crippen molar-refractivity contribution in [1.29, 1.82) is 0 Å². The molecule has 4 N–H and O–H groups in total. The van der Waals surface area contributed by atoms with Crippen molar-refractivity contribution in [1.82, 2.24) is 0 Å². The molecule has 0 bridgehead atoms. The average Bonchev–Trinajstić information content (AvgIpc) is 3.58. The minimum Gasteiger partial charge on any atom is -0.508 e. The van der Waals surface area contributed by atoms with E-state index in [4.69, 9.17) is 18.9 Å². The van der Waals surface area contributed by atoms with E-state index in [9.17, 15) is 30.0 Å². The molecule has 0 spiro atoms. The monoisotopic (exact) mass is 490 g/mol. The molecule has 190 valence electrons. The largest absolute Gasteiger partial charge is 0.508 e. The molecule has 1 aromatic rings. The zero-order chi connectivity index (χ0) is 24.9. The summed E-state index contributed by atoms with van der Waals surface area (Å²) in [6.07, 6.45) is 2.83. The fourth-order valence-electron chi connectivity index (χ4n) is 4.34. The van der Waals surface area contributed by atoms with Crippen LogP contribution in [-0.4, -0.2) is 69.7 Å². The summed E-state index contributed by atoms with van der Waals surface area (Å²) in [5, 5.41) is 40.9. The highest BCUT2D eigenvalue weighted by Crippen LogP contribution is 2.31. The Morgan fingerprint density at radius 3 is 2.31 bits per heavy atom. The van der Waals surface area contributed by atoms with E-state index in [1.807, 2.05) is 12.2 Å². The van der Waals surface area contributed by atoms with Gasteiger partial charge in [0.25, 0.3) is 0 Å². The van der Waals surface area contributed by atoms with E-state index in [0.29, 0.717) is 12.8 Å². The minimum absolute atomic E-state index is 0.0943. The van der Waals surface area contributed by atoms with Crippen LogP contribution < -0.4 is 4.74 Å². The van der Waals surface area contributed by atoms with Crippen molar-refractivity contribution in [2.75, 3.05) is 6.61 Å². The molecule has 1 aliphatic heterocycles. The Balaban J connectivity index is 1.51. The van der Waals surface area contributed by atoms with Gasteiger partial charge in [-0.3, -0.25) is 9.59 Å². The van der Waals surface area contributed by atoms with E-state index in [1.54, 1.807) is 12.2 Å². The Morgan fingerprint density at radius 1 is 1.00 bits per heavy atom. The summed E-state index contributed by atoms with van der Waals surface area (Å²) in [6.45, 7) is -0.815. The van der Waals surface area contributed by atoms with Crippen molar-refractivity contribution in [3.63, 3.8) is 0 Å². The second-order valence-electron chi connectivity index (χ2n) is 8.85. The lowest BCUT2D eigenvalue weighted by Gasteiger charge is -2.42. The van der Waals surface area contributed by atoms with Crippen molar-refractivity contribution >= 4 is 11.9 Å². The van der Waals surface area contributed by atoms with Gasteiger partial charge in [-0.25, -0.2) is 0 Å². The number of phenols is 1. The number of carbonyl (C=O) groups is 2. The normalized spacial score (nSPS) is 31.9. The fraction of sp³-hybridized carbons (Fsp3) is 0.520. The van der Waals surface area contributed by atoms with Crippen LogP contribution in [0.3, 0.4) is 0 Å². The molecular weight excluding hydrogens is 460 g/mol. The van der Waals surface area contributed by atoms with Crippen molar-refractivity contribution in [2.24, 2.45) is 11.8 Å². The van der Waals surface area contributed by atoms with Gasteiger partial charge in [-0.05, 0) is 43.9 Å². The SMILES string of the molecule is O=C(OC[C@H]1O[C@@H](Oc2ccc(O)cc2CO)[C@H](OC(=O)C2C=CCC2)[C@@H](O)[C@@H]1O)C1C=CCC1. The first-order valence-electron chi connectivity index (χ1n) is 11.7. The highest BCUT2D eigenvalue weighted by molar-refractivity contribution is 5.75. The molecule has 0 radical (unpaired) electrons.